The first-order chi connectivity index (χ1) is 11.0. The molecule has 116 valence electrons. The molecule has 0 aromatic heterocycles. The Labute approximate surface area is 142 Å². The van der Waals surface area contributed by atoms with Crippen LogP contribution in [0.1, 0.15) is 11.1 Å². The van der Waals surface area contributed by atoms with Crippen LogP contribution in [-0.2, 0) is 4.79 Å². The number of carbonyl (C=O) groups excluding carboxylic acids is 1. The molecular weight excluding hydrogens is 332 g/mol. The van der Waals surface area contributed by atoms with E-state index in [4.69, 9.17) is 11.6 Å². The standard InChI is InChI=1S/C17H13ClN2O2S/c1-10-4-2-3-5-13(10)19-17-20-16(22)15(23-17)9-11-8-12(18)6-7-14(11)21/h2-9,21H,1H3,(H,19,20,22)/b15-9+. The van der Waals surface area contributed by atoms with Crippen LogP contribution in [0, 0.1) is 6.92 Å². The maximum Gasteiger partial charge on any atom is 0.264 e. The number of aromatic hydroxyl groups is 1. The van der Waals surface area contributed by atoms with Crippen molar-refractivity contribution < 1.29 is 9.90 Å². The number of nitrogens with one attached hydrogen (secondary N) is 1. The van der Waals surface area contributed by atoms with Crippen LogP contribution < -0.4 is 5.32 Å². The van der Waals surface area contributed by atoms with E-state index >= 15 is 0 Å². The third-order valence-corrected chi connectivity index (χ3v) is 4.41. The summed E-state index contributed by atoms with van der Waals surface area (Å²) in [4.78, 5) is 17.0. The molecule has 2 aromatic carbocycles. The summed E-state index contributed by atoms with van der Waals surface area (Å²) in [6.07, 6.45) is 1.60. The largest absolute Gasteiger partial charge is 0.507 e. The third-order valence-electron chi connectivity index (χ3n) is 3.26. The van der Waals surface area contributed by atoms with Gasteiger partial charge >= 0.3 is 0 Å². The molecule has 0 radical (unpaired) electrons. The van der Waals surface area contributed by atoms with Gasteiger partial charge in [-0.15, -0.1) is 0 Å². The van der Waals surface area contributed by atoms with Gasteiger partial charge in [0.15, 0.2) is 5.17 Å². The van der Waals surface area contributed by atoms with Crippen molar-refractivity contribution >= 4 is 46.2 Å². The number of hydrogen-bond acceptors (Lipinski definition) is 4. The lowest BCUT2D eigenvalue weighted by Crippen LogP contribution is -2.19. The number of halogens is 1. The molecule has 23 heavy (non-hydrogen) atoms. The lowest BCUT2D eigenvalue weighted by Gasteiger charge is -2.00. The molecule has 2 N–H and O–H groups in total. The lowest BCUT2D eigenvalue weighted by atomic mass is 10.2. The second-order valence-corrected chi connectivity index (χ2v) is 6.44. The lowest BCUT2D eigenvalue weighted by molar-refractivity contribution is -0.115. The van der Waals surface area contributed by atoms with Crippen molar-refractivity contribution in [2.45, 2.75) is 6.92 Å². The Hall–Kier alpha value is -2.24. The molecule has 1 saturated heterocycles. The highest BCUT2D eigenvalue weighted by Crippen LogP contribution is 2.31. The van der Waals surface area contributed by atoms with E-state index in [1.807, 2.05) is 31.2 Å². The van der Waals surface area contributed by atoms with Gasteiger partial charge in [0.2, 0.25) is 0 Å². The van der Waals surface area contributed by atoms with Crippen LogP contribution in [0.5, 0.6) is 5.75 Å². The van der Waals surface area contributed by atoms with Crippen LogP contribution >= 0.6 is 23.4 Å². The predicted octanol–water partition coefficient (Wildman–Crippen LogP) is 4.25. The van der Waals surface area contributed by atoms with Gasteiger partial charge in [0.25, 0.3) is 5.91 Å². The molecule has 0 bridgehead atoms. The molecule has 0 spiro atoms. The number of amidine groups is 1. The molecule has 3 rings (SSSR count). The maximum absolute atomic E-state index is 12.1. The minimum absolute atomic E-state index is 0.0691. The summed E-state index contributed by atoms with van der Waals surface area (Å²) >= 11 is 7.15. The molecule has 1 amide bonds. The zero-order chi connectivity index (χ0) is 16.4. The number of nitrogens with zero attached hydrogens (tertiary/aromatic N) is 1. The van der Waals surface area contributed by atoms with Gasteiger partial charge in [0.1, 0.15) is 5.75 Å². The van der Waals surface area contributed by atoms with Crippen LogP contribution in [0.2, 0.25) is 5.02 Å². The van der Waals surface area contributed by atoms with Crippen molar-refractivity contribution in [2.24, 2.45) is 4.99 Å². The highest BCUT2D eigenvalue weighted by Gasteiger charge is 2.24. The predicted molar refractivity (Wildman–Crippen MR) is 95.1 cm³/mol. The molecule has 1 aliphatic heterocycles. The van der Waals surface area contributed by atoms with E-state index in [1.165, 1.54) is 17.8 Å². The minimum Gasteiger partial charge on any atom is -0.507 e. The number of phenols is 1. The summed E-state index contributed by atoms with van der Waals surface area (Å²) < 4.78 is 0. The first kappa shape index (κ1) is 15.6. The molecule has 0 atom stereocenters. The fraction of sp³-hybridized carbons (Fsp3) is 0.0588. The molecule has 1 fully saturated rings. The molecule has 6 heteroatoms. The summed E-state index contributed by atoms with van der Waals surface area (Å²) in [5, 5.41) is 13.6. The number of carbonyl (C=O) groups is 1. The highest BCUT2D eigenvalue weighted by atomic mass is 35.5. The van der Waals surface area contributed by atoms with Crippen LogP contribution in [-0.4, -0.2) is 16.2 Å². The van der Waals surface area contributed by atoms with E-state index < -0.39 is 0 Å². The first-order valence-corrected chi connectivity index (χ1v) is 8.06. The zero-order valence-electron chi connectivity index (χ0n) is 12.2. The smallest absolute Gasteiger partial charge is 0.264 e. The SMILES string of the molecule is Cc1ccccc1N=C1NC(=O)/C(=C\c2cc(Cl)ccc2O)S1. The fourth-order valence-electron chi connectivity index (χ4n) is 2.06. The summed E-state index contributed by atoms with van der Waals surface area (Å²) in [6.45, 7) is 1.96. The number of aliphatic imine (C=N–C) groups is 1. The van der Waals surface area contributed by atoms with Crippen molar-refractivity contribution in [3.05, 3.63) is 63.5 Å². The second-order valence-electron chi connectivity index (χ2n) is 4.97. The highest BCUT2D eigenvalue weighted by molar-refractivity contribution is 8.18. The number of thioether (sulfide) groups is 1. The quantitative estimate of drug-likeness (QED) is 0.801. The van der Waals surface area contributed by atoms with E-state index in [9.17, 15) is 9.90 Å². The van der Waals surface area contributed by atoms with Gasteiger partial charge < -0.3 is 10.4 Å². The number of phenolic OH excluding ortho intramolecular Hbond substituents is 1. The first-order valence-electron chi connectivity index (χ1n) is 6.86. The normalized spacial score (nSPS) is 17.7. The van der Waals surface area contributed by atoms with E-state index in [0.717, 1.165) is 11.3 Å². The van der Waals surface area contributed by atoms with E-state index in [1.54, 1.807) is 18.2 Å². The van der Waals surface area contributed by atoms with Gasteiger partial charge in [0, 0.05) is 10.6 Å². The summed E-state index contributed by atoms with van der Waals surface area (Å²) in [5.74, 6) is -0.179. The minimum atomic E-state index is -0.248. The maximum atomic E-state index is 12.1. The topological polar surface area (TPSA) is 61.7 Å². The Bertz CT molecular complexity index is 846. The van der Waals surface area contributed by atoms with Crippen molar-refractivity contribution in [3.63, 3.8) is 0 Å². The van der Waals surface area contributed by atoms with Gasteiger partial charge in [-0.2, -0.15) is 0 Å². The molecule has 4 nitrogen and oxygen atoms in total. The van der Waals surface area contributed by atoms with Gasteiger partial charge in [-0.05, 0) is 54.6 Å². The van der Waals surface area contributed by atoms with Crippen LogP contribution in [0.15, 0.2) is 52.4 Å². The molecular formula is C17H13ClN2O2S. The van der Waals surface area contributed by atoms with E-state index in [0.29, 0.717) is 20.7 Å². The van der Waals surface area contributed by atoms with E-state index in [2.05, 4.69) is 10.3 Å². The van der Waals surface area contributed by atoms with Crippen LogP contribution in [0.4, 0.5) is 5.69 Å². The molecule has 0 aliphatic carbocycles. The van der Waals surface area contributed by atoms with Gasteiger partial charge in [-0.3, -0.25) is 4.79 Å². The number of amides is 1. The van der Waals surface area contributed by atoms with Gasteiger partial charge in [-0.25, -0.2) is 4.99 Å². The zero-order valence-corrected chi connectivity index (χ0v) is 13.8. The Balaban J connectivity index is 1.90. The van der Waals surface area contributed by atoms with Crippen LogP contribution in [0.3, 0.4) is 0 Å². The molecule has 1 heterocycles. The average molecular weight is 345 g/mol. The number of hydrogen-bond donors (Lipinski definition) is 2. The summed E-state index contributed by atoms with van der Waals surface area (Å²) in [5.41, 5.74) is 2.33. The third kappa shape index (κ3) is 3.57. The van der Waals surface area contributed by atoms with Gasteiger partial charge in [-0.1, -0.05) is 29.8 Å². The average Bonchev–Trinajstić information content (AvgIpc) is 2.85. The van der Waals surface area contributed by atoms with Gasteiger partial charge in [0.05, 0.1) is 10.6 Å². The Morgan fingerprint density at radius 2 is 2.04 bits per heavy atom. The summed E-state index contributed by atoms with van der Waals surface area (Å²) in [6, 6.07) is 12.4. The molecule has 0 unspecified atom stereocenters. The number of benzene rings is 2. The van der Waals surface area contributed by atoms with Crippen molar-refractivity contribution in [1.29, 1.82) is 0 Å². The van der Waals surface area contributed by atoms with Crippen molar-refractivity contribution in [2.75, 3.05) is 0 Å². The van der Waals surface area contributed by atoms with Crippen molar-refractivity contribution in [3.8, 4) is 5.75 Å². The number of para-hydroxylation sites is 1. The Kier molecular flexibility index (Phi) is 4.41. The number of aryl methyl sites for hydroxylation is 1. The number of rotatable bonds is 2. The molecule has 0 saturated carbocycles. The fourth-order valence-corrected chi connectivity index (χ4v) is 3.07. The molecule has 2 aromatic rings. The van der Waals surface area contributed by atoms with Crippen LogP contribution in [0.25, 0.3) is 6.08 Å². The Morgan fingerprint density at radius 1 is 1.26 bits per heavy atom. The van der Waals surface area contributed by atoms with E-state index in [-0.39, 0.29) is 11.7 Å². The Morgan fingerprint density at radius 3 is 2.83 bits per heavy atom. The second kappa shape index (κ2) is 6.48. The monoisotopic (exact) mass is 344 g/mol. The summed E-state index contributed by atoms with van der Waals surface area (Å²) in [7, 11) is 0. The molecule has 1 aliphatic rings. The van der Waals surface area contributed by atoms with Crippen molar-refractivity contribution in [1.82, 2.24) is 5.32 Å².